The minimum absolute atomic E-state index is 0.0594. The van der Waals surface area contributed by atoms with Crippen molar-refractivity contribution < 1.29 is 4.79 Å². The van der Waals surface area contributed by atoms with E-state index in [1.165, 1.54) is 17.7 Å². The van der Waals surface area contributed by atoms with Gasteiger partial charge in [-0.1, -0.05) is 49.2 Å². The number of amides is 2. The minimum Gasteiger partial charge on any atom is -0.334 e. The van der Waals surface area contributed by atoms with Crippen molar-refractivity contribution >= 4 is 17.4 Å². The van der Waals surface area contributed by atoms with Crippen molar-refractivity contribution in [1.29, 1.82) is 0 Å². The van der Waals surface area contributed by atoms with E-state index in [-0.39, 0.29) is 12.1 Å². The molecule has 1 aliphatic heterocycles. The number of carbonyl (C=O) groups excluding carboxylic acids is 1. The lowest BCUT2D eigenvalue weighted by molar-refractivity contribution is 0.176. The van der Waals surface area contributed by atoms with Crippen LogP contribution in [-0.4, -0.2) is 17.5 Å². The average molecular weight is 314 g/mol. The van der Waals surface area contributed by atoms with Crippen molar-refractivity contribution in [2.24, 2.45) is 0 Å². The fourth-order valence-corrected chi connectivity index (χ4v) is 3.88. The fourth-order valence-electron chi connectivity index (χ4n) is 3.00. The Hall–Kier alpha value is -1.81. The van der Waals surface area contributed by atoms with Crippen LogP contribution < -0.4 is 5.32 Å². The molecule has 0 radical (unpaired) electrons. The molecular formula is C18H22N2OS. The third-order valence-electron chi connectivity index (χ3n) is 4.17. The Balaban J connectivity index is 1.67. The molecule has 1 N–H and O–H groups in total. The molecule has 0 spiro atoms. The average Bonchev–Trinajstić information content (AvgIpc) is 2.98. The quantitative estimate of drug-likeness (QED) is 0.884. The Morgan fingerprint density at radius 3 is 2.77 bits per heavy atom. The van der Waals surface area contributed by atoms with Gasteiger partial charge in [0.15, 0.2) is 0 Å². The van der Waals surface area contributed by atoms with Crippen LogP contribution in [0.25, 0.3) is 0 Å². The van der Waals surface area contributed by atoms with Gasteiger partial charge in [-0.05, 0) is 29.9 Å². The van der Waals surface area contributed by atoms with Crippen molar-refractivity contribution in [2.45, 2.75) is 38.3 Å². The van der Waals surface area contributed by atoms with Crippen LogP contribution in [0.15, 0.2) is 47.8 Å². The molecule has 4 heteroatoms. The van der Waals surface area contributed by atoms with Crippen LogP contribution in [0.2, 0.25) is 0 Å². The molecule has 1 aliphatic rings. The van der Waals surface area contributed by atoms with Crippen molar-refractivity contribution in [3.05, 3.63) is 58.3 Å². The predicted molar refractivity (Wildman–Crippen MR) is 90.9 cm³/mol. The van der Waals surface area contributed by atoms with Crippen LogP contribution in [0.5, 0.6) is 0 Å². The van der Waals surface area contributed by atoms with E-state index in [1.54, 1.807) is 11.3 Å². The summed E-state index contributed by atoms with van der Waals surface area (Å²) in [5.74, 6) is 0. The van der Waals surface area contributed by atoms with Gasteiger partial charge in [0.1, 0.15) is 0 Å². The second-order valence-electron chi connectivity index (χ2n) is 5.72. The molecule has 1 aromatic carbocycles. The van der Waals surface area contributed by atoms with Crippen LogP contribution in [-0.2, 0) is 6.54 Å². The third-order valence-corrected chi connectivity index (χ3v) is 5.15. The van der Waals surface area contributed by atoms with Crippen LogP contribution >= 0.6 is 11.3 Å². The third kappa shape index (κ3) is 3.69. The lowest BCUT2D eigenvalue weighted by Crippen LogP contribution is -2.41. The number of hydrogen-bond donors (Lipinski definition) is 1. The molecule has 2 heterocycles. The van der Waals surface area contributed by atoms with Gasteiger partial charge in [-0.3, -0.25) is 0 Å². The number of hydrogen-bond acceptors (Lipinski definition) is 2. The van der Waals surface area contributed by atoms with Crippen molar-refractivity contribution in [2.75, 3.05) is 6.54 Å². The highest BCUT2D eigenvalue weighted by molar-refractivity contribution is 7.10. The number of nitrogens with one attached hydrogen (secondary N) is 1. The summed E-state index contributed by atoms with van der Waals surface area (Å²) in [7, 11) is 0. The standard InChI is InChI=1S/C18H22N2OS/c21-18(19-14-15-8-3-1-4-9-15)20-12-6-2-5-10-16(20)17-11-7-13-22-17/h1,3-4,7-9,11,13,16H,2,5-6,10,12,14H2,(H,19,21)/t16-/m1/s1. The molecule has 3 rings (SSSR count). The lowest BCUT2D eigenvalue weighted by atomic mass is 10.1. The summed E-state index contributed by atoms with van der Waals surface area (Å²) in [4.78, 5) is 16.0. The molecule has 0 bridgehead atoms. The molecule has 0 saturated carbocycles. The Bertz CT molecular complexity index is 582. The topological polar surface area (TPSA) is 32.3 Å². The first-order valence-electron chi connectivity index (χ1n) is 7.96. The fraction of sp³-hybridized carbons (Fsp3) is 0.389. The van der Waals surface area contributed by atoms with E-state index in [0.717, 1.165) is 24.9 Å². The van der Waals surface area contributed by atoms with E-state index in [4.69, 9.17) is 0 Å². The van der Waals surface area contributed by atoms with Crippen molar-refractivity contribution in [3.63, 3.8) is 0 Å². The van der Waals surface area contributed by atoms with Crippen LogP contribution in [0, 0.1) is 0 Å². The predicted octanol–water partition coefficient (Wildman–Crippen LogP) is 4.58. The van der Waals surface area contributed by atoms with E-state index in [2.05, 4.69) is 22.8 Å². The van der Waals surface area contributed by atoms with Gasteiger partial charge in [0, 0.05) is 18.0 Å². The van der Waals surface area contributed by atoms with Crippen LogP contribution in [0.1, 0.15) is 42.2 Å². The van der Waals surface area contributed by atoms with Crippen LogP contribution in [0.4, 0.5) is 4.79 Å². The number of nitrogens with zero attached hydrogens (tertiary/aromatic N) is 1. The monoisotopic (exact) mass is 314 g/mol. The van der Waals surface area contributed by atoms with Gasteiger partial charge in [-0.25, -0.2) is 4.79 Å². The summed E-state index contributed by atoms with van der Waals surface area (Å²) in [6.45, 7) is 1.44. The number of carbonyl (C=O) groups is 1. The number of likely N-dealkylation sites (tertiary alicyclic amines) is 1. The Morgan fingerprint density at radius 1 is 1.14 bits per heavy atom. The van der Waals surface area contributed by atoms with Gasteiger partial charge in [-0.15, -0.1) is 11.3 Å². The summed E-state index contributed by atoms with van der Waals surface area (Å²) in [5, 5.41) is 5.18. The molecule has 116 valence electrons. The van der Waals surface area contributed by atoms with Gasteiger partial charge < -0.3 is 10.2 Å². The van der Waals surface area contributed by atoms with E-state index in [0.29, 0.717) is 6.54 Å². The number of thiophene rings is 1. The normalized spacial score (nSPS) is 18.7. The second-order valence-corrected chi connectivity index (χ2v) is 6.70. The molecule has 1 atom stereocenters. The molecular weight excluding hydrogens is 292 g/mol. The van der Waals surface area contributed by atoms with E-state index < -0.39 is 0 Å². The van der Waals surface area contributed by atoms with E-state index in [1.807, 2.05) is 35.2 Å². The first-order chi connectivity index (χ1) is 10.8. The summed E-state index contributed by atoms with van der Waals surface area (Å²) in [5.41, 5.74) is 1.14. The SMILES string of the molecule is O=C(NCc1ccccc1)N1CCCCC[C@@H]1c1cccs1. The second kappa shape index (κ2) is 7.45. The Labute approximate surface area is 136 Å². The van der Waals surface area contributed by atoms with Gasteiger partial charge in [-0.2, -0.15) is 0 Å². The first kappa shape index (κ1) is 15.1. The molecule has 0 aliphatic carbocycles. The van der Waals surface area contributed by atoms with Gasteiger partial charge in [0.2, 0.25) is 0 Å². The maximum absolute atomic E-state index is 12.6. The Kier molecular flexibility index (Phi) is 5.11. The Morgan fingerprint density at radius 2 is 2.00 bits per heavy atom. The highest BCUT2D eigenvalue weighted by atomic mass is 32.1. The van der Waals surface area contributed by atoms with Gasteiger partial charge in [0.25, 0.3) is 0 Å². The summed E-state index contributed by atoms with van der Waals surface area (Å²) in [6, 6.07) is 14.6. The smallest absolute Gasteiger partial charge is 0.318 e. The zero-order chi connectivity index (χ0) is 15.2. The number of urea groups is 1. The summed E-state index contributed by atoms with van der Waals surface area (Å²) in [6.07, 6.45) is 4.58. The van der Waals surface area contributed by atoms with Crippen molar-refractivity contribution in [3.8, 4) is 0 Å². The molecule has 1 fully saturated rings. The summed E-state index contributed by atoms with van der Waals surface area (Å²) >= 11 is 1.75. The zero-order valence-corrected chi connectivity index (χ0v) is 13.5. The maximum atomic E-state index is 12.6. The lowest BCUT2D eigenvalue weighted by Gasteiger charge is -2.29. The van der Waals surface area contributed by atoms with Gasteiger partial charge in [0.05, 0.1) is 6.04 Å². The molecule has 1 saturated heterocycles. The van der Waals surface area contributed by atoms with Crippen molar-refractivity contribution in [1.82, 2.24) is 10.2 Å². The maximum Gasteiger partial charge on any atom is 0.318 e. The molecule has 2 aromatic rings. The minimum atomic E-state index is 0.0594. The first-order valence-corrected chi connectivity index (χ1v) is 8.84. The zero-order valence-electron chi connectivity index (χ0n) is 12.7. The molecule has 22 heavy (non-hydrogen) atoms. The highest BCUT2D eigenvalue weighted by Crippen LogP contribution is 2.32. The van der Waals surface area contributed by atoms with E-state index in [9.17, 15) is 4.79 Å². The van der Waals surface area contributed by atoms with Crippen LogP contribution in [0.3, 0.4) is 0 Å². The largest absolute Gasteiger partial charge is 0.334 e. The van der Waals surface area contributed by atoms with E-state index >= 15 is 0 Å². The van der Waals surface area contributed by atoms with Gasteiger partial charge >= 0.3 is 6.03 Å². The number of benzene rings is 1. The molecule has 0 unspecified atom stereocenters. The highest BCUT2D eigenvalue weighted by Gasteiger charge is 2.27. The number of rotatable bonds is 3. The molecule has 1 aromatic heterocycles. The molecule has 3 nitrogen and oxygen atoms in total. The summed E-state index contributed by atoms with van der Waals surface area (Å²) < 4.78 is 0. The molecule has 2 amide bonds.